The first-order valence-electron chi connectivity index (χ1n) is 7.81. The Bertz CT molecular complexity index is 592. The maximum absolute atomic E-state index is 12.6. The van der Waals surface area contributed by atoms with Gasteiger partial charge in [0, 0.05) is 6.54 Å². The number of carbonyl (C=O) groups excluding carboxylic acids is 3. The van der Waals surface area contributed by atoms with E-state index in [1.165, 1.54) is 0 Å². The van der Waals surface area contributed by atoms with Crippen molar-refractivity contribution in [2.75, 3.05) is 6.54 Å². The van der Waals surface area contributed by atoms with Crippen molar-refractivity contribution in [1.82, 2.24) is 10.2 Å². The van der Waals surface area contributed by atoms with Crippen LogP contribution in [0.4, 0.5) is 0 Å². The second kappa shape index (κ2) is 6.91. The van der Waals surface area contributed by atoms with Crippen molar-refractivity contribution >= 4 is 17.7 Å². The first kappa shape index (κ1) is 17.1. The standard InChI is InChI=1S/C17H22N2O4/c1-4-10(2)14(15(21)18-9-11(3)20)19-16(22)12-7-5-6-8-13(12)17(19)23/h5-8,10-11,14,20H,4,9H2,1-3H3,(H,18,21). The zero-order valence-electron chi connectivity index (χ0n) is 13.6. The van der Waals surface area contributed by atoms with Gasteiger partial charge in [0.2, 0.25) is 5.91 Å². The van der Waals surface area contributed by atoms with Gasteiger partial charge in [0.1, 0.15) is 6.04 Å². The normalized spacial score (nSPS) is 17.7. The molecule has 1 aromatic rings. The summed E-state index contributed by atoms with van der Waals surface area (Å²) in [5, 5.41) is 11.9. The summed E-state index contributed by atoms with van der Waals surface area (Å²) in [6.07, 6.45) is -0.0566. The van der Waals surface area contributed by atoms with E-state index in [9.17, 15) is 19.5 Å². The monoisotopic (exact) mass is 318 g/mol. The number of aliphatic hydroxyl groups is 1. The molecule has 1 aliphatic heterocycles. The highest BCUT2D eigenvalue weighted by molar-refractivity contribution is 6.22. The zero-order chi connectivity index (χ0) is 17.1. The molecule has 0 aromatic heterocycles. The fraction of sp³-hybridized carbons (Fsp3) is 0.471. The Morgan fingerprint density at radius 2 is 1.70 bits per heavy atom. The van der Waals surface area contributed by atoms with E-state index in [0.717, 1.165) is 4.90 Å². The van der Waals surface area contributed by atoms with Gasteiger partial charge in [0.15, 0.2) is 0 Å². The number of imide groups is 1. The van der Waals surface area contributed by atoms with E-state index in [4.69, 9.17) is 0 Å². The Hall–Kier alpha value is -2.21. The SMILES string of the molecule is CCC(C)C(C(=O)NCC(C)O)N1C(=O)c2ccccc2C1=O. The van der Waals surface area contributed by atoms with Crippen molar-refractivity contribution in [1.29, 1.82) is 0 Å². The molecular weight excluding hydrogens is 296 g/mol. The molecule has 3 atom stereocenters. The molecule has 1 heterocycles. The Labute approximate surface area is 135 Å². The number of nitrogens with zero attached hydrogens (tertiary/aromatic N) is 1. The lowest BCUT2D eigenvalue weighted by molar-refractivity contribution is -0.127. The van der Waals surface area contributed by atoms with Gasteiger partial charge in [-0.25, -0.2) is 0 Å². The van der Waals surface area contributed by atoms with Crippen LogP contribution < -0.4 is 5.32 Å². The second-order valence-electron chi connectivity index (χ2n) is 5.95. The number of nitrogens with one attached hydrogen (secondary N) is 1. The lowest BCUT2D eigenvalue weighted by Crippen LogP contribution is -2.53. The van der Waals surface area contributed by atoms with Gasteiger partial charge in [0.25, 0.3) is 11.8 Å². The van der Waals surface area contributed by atoms with Gasteiger partial charge in [-0.3, -0.25) is 19.3 Å². The van der Waals surface area contributed by atoms with Crippen LogP contribution in [0.3, 0.4) is 0 Å². The van der Waals surface area contributed by atoms with Crippen molar-refractivity contribution in [3.8, 4) is 0 Å². The molecule has 6 heteroatoms. The molecule has 0 radical (unpaired) electrons. The third-order valence-electron chi connectivity index (χ3n) is 4.13. The quantitative estimate of drug-likeness (QED) is 0.772. The maximum Gasteiger partial charge on any atom is 0.262 e. The lowest BCUT2D eigenvalue weighted by atomic mass is 9.96. The number of hydrogen-bond donors (Lipinski definition) is 2. The summed E-state index contributed by atoms with van der Waals surface area (Å²) in [7, 11) is 0. The zero-order valence-corrected chi connectivity index (χ0v) is 13.6. The molecule has 1 aromatic carbocycles. The highest BCUT2D eigenvalue weighted by atomic mass is 16.3. The minimum atomic E-state index is -0.883. The van der Waals surface area contributed by atoms with E-state index < -0.39 is 29.9 Å². The summed E-state index contributed by atoms with van der Waals surface area (Å²) >= 11 is 0. The van der Waals surface area contributed by atoms with Crippen molar-refractivity contribution in [3.63, 3.8) is 0 Å². The van der Waals surface area contributed by atoms with Crippen LogP contribution >= 0.6 is 0 Å². The highest BCUT2D eigenvalue weighted by Crippen LogP contribution is 2.28. The van der Waals surface area contributed by atoms with Crippen LogP contribution in [-0.2, 0) is 4.79 Å². The van der Waals surface area contributed by atoms with E-state index in [1.54, 1.807) is 31.2 Å². The van der Waals surface area contributed by atoms with Crippen molar-refractivity contribution < 1.29 is 19.5 Å². The highest BCUT2D eigenvalue weighted by Gasteiger charge is 2.44. The Balaban J connectivity index is 2.32. The van der Waals surface area contributed by atoms with Gasteiger partial charge in [-0.15, -0.1) is 0 Å². The summed E-state index contributed by atoms with van der Waals surface area (Å²) in [5.41, 5.74) is 0.656. The van der Waals surface area contributed by atoms with Gasteiger partial charge in [-0.1, -0.05) is 32.4 Å². The first-order chi connectivity index (χ1) is 10.9. The second-order valence-corrected chi connectivity index (χ2v) is 5.95. The van der Waals surface area contributed by atoms with Crippen LogP contribution in [0.25, 0.3) is 0 Å². The predicted octanol–water partition coefficient (Wildman–Crippen LogP) is 1.19. The molecule has 0 aliphatic carbocycles. The summed E-state index contributed by atoms with van der Waals surface area (Å²) in [6.45, 7) is 5.36. The number of carbonyl (C=O) groups is 3. The summed E-state index contributed by atoms with van der Waals surface area (Å²) < 4.78 is 0. The average molecular weight is 318 g/mol. The predicted molar refractivity (Wildman–Crippen MR) is 84.9 cm³/mol. The summed E-state index contributed by atoms with van der Waals surface area (Å²) in [4.78, 5) is 38.7. The molecule has 2 N–H and O–H groups in total. The lowest BCUT2D eigenvalue weighted by Gasteiger charge is -2.30. The van der Waals surface area contributed by atoms with Gasteiger partial charge >= 0.3 is 0 Å². The average Bonchev–Trinajstić information content (AvgIpc) is 2.78. The van der Waals surface area contributed by atoms with E-state index in [1.807, 2.05) is 13.8 Å². The van der Waals surface area contributed by atoms with Crippen LogP contribution in [0.15, 0.2) is 24.3 Å². The van der Waals surface area contributed by atoms with Crippen LogP contribution in [0, 0.1) is 5.92 Å². The smallest absolute Gasteiger partial charge is 0.262 e. The Morgan fingerprint density at radius 1 is 1.17 bits per heavy atom. The largest absolute Gasteiger partial charge is 0.392 e. The third-order valence-corrected chi connectivity index (χ3v) is 4.13. The minimum Gasteiger partial charge on any atom is -0.392 e. The van der Waals surface area contributed by atoms with Gasteiger partial charge in [0.05, 0.1) is 17.2 Å². The molecular formula is C17H22N2O4. The summed E-state index contributed by atoms with van der Waals surface area (Å²) in [5.74, 6) is -1.49. The van der Waals surface area contributed by atoms with Gasteiger partial charge in [-0.2, -0.15) is 0 Å². The molecule has 0 saturated carbocycles. The molecule has 2 rings (SSSR count). The maximum atomic E-state index is 12.6. The van der Waals surface area contributed by atoms with E-state index in [-0.39, 0.29) is 12.5 Å². The molecule has 1 aliphatic rings. The number of amides is 3. The van der Waals surface area contributed by atoms with Crippen molar-refractivity contribution in [2.24, 2.45) is 5.92 Å². The molecule has 6 nitrogen and oxygen atoms in total. The van der Waals surface area contributed by atoms with Crippen LogP contribution in [0.5, 0.6) is 0 Å². The molecule has 3 amide bonds. The Kier molecular flexibility index (Phi) is 5.15. The van der Waals surface area contributed by atoms with Gasteiger partial charge in [-0.05, 0) is 25.0 Å². The molecule has 0 spiro atoms. The fourth-order valence-corrected chi connectivity index (χ4v) is 2.67. The molecule has 3 unspecified atom stereocenters. The molecule has 23 heavy (non-hydrogen) atoms. The number of hydrogen-bond acceptors (Lipinski definition) is 4. The van der Waals surface area contributed by atoms with E-state index in [2.05, 4.69) is 5.32 Å². The molecule has 0 bridgehead atoms. The first-order valence-corrected chi connectivity index (χ1v) is 7.81. The number of fused-ring (bicyclic) bond motifs is 1. The van der Waals surface area contributed by atoms with Crippen LogP contribution in [0.1, 0.15) is 47.9 Å². The summed E-state index contributed by atoms with van der Waals surface area (Å²) in [6, 6.07) is 5.69. The van der Waals surface area contributed by atoms with E-state index >= 15 is 0 Å². The fourth-order valence-electron chi connectivity index (χ4n) is 2.67. The van der Waals surface area contributed by atoms with Crippen LogP contribution in [0.2, 0.25) is 0 Å². The molecule has 0 fully saturated rings. The number of rotatable bonds is 6. The Morgan fingerprint density at radius 3 is 2.13 bits per heavy atom. The van der Waals surface area contributed by atoms with Crippen molar-refractivity contribution in [2.45, 2.75) is 39.3 Å². The van der Waals surface area contributed by atoms with Crippen LogP contribution in [-0.4, -0.2) is 46.4 Å². The molecule has 124 valence electrons. The minimum absolute atomic E-state index is 0.0783. The third kappa shape index (κ3) is 3.27. The topological polar surface area (TPSA) is 86.7 Å². The number of aliphatic hydroxyl groups excluding tert-OH is 1. The van der Waals surface area contributed by atoms with Crippen molar-refractivity contribution in [3.05, 3.63) is 35.4 Å². The molecule has 0 saturated heterocycles. The van der Waals surface area contributed by atoms with E-state index in [0.29, 0.717) is 17.5 Å². The number of benzene rings is 1. The van der Waals surface area contributed by atoms with Gasteiger partial charge < -0.3 is 10.4 Å².